The van der Waals surface area contributed by atoms with Gasteiger partial charge in [-0.15, -0.1) is 0 Å². The van der Waals surface area contributed by atoms with E-state index in [1.54, 1.807) is 9.80 Å². The summed E-state index contributed by atoms with van der Waals surface area (Å²) >= 11 is 0. The predicted molar refractivity (Wildman–Crippen MR) is 64.3 cm³/mol. The second-order valence-electron chi connectivity index (χ2n) is 4.90. The normalized spacial score (nSPS) is 28.5. The lowest BCUT2D eigenvalue weighted by molar-refractivity contribution is -0.141. The maximum atomic E-state index is 12.2. The monoisotopic (exact) mass is 256 g/mol. The summed E-state index contributed by atoms with van der Waals surface area (Å²) in [5.74, 6) is -1.21. The van der Waals surface area contributed by atoms with Crippen LogP contribution in [0.3, 0.4) is 0 Å². The molecule has 2 atom stereocenters. The fourth-order valence-electron chi connectivity index (χ4n) is 2.48. The number of hydrogen-bond donors (Lipinski definition) is 1. The highest BCUT2D eigenvalue weighted by Gasteiger charge is 2.34. The predicted octanol–water partition coefficient (Wildman–Crippen LogP) is 0.624. The fourth-order valence-corrected chi connectivity index (χ4v) is 2.48. The quantitative estimate of drug-likeness (QED) is 0.786. The molecular weight excluding hydrogens is 236 g/mol. The molecule has 1 N–H and O–H groups in total. The van der Waals surface area contributed by atoms with E-state index in [1.165, 1.54) is 0 Å². The van der Waals surface area contributed by atoms with Gasteiger partial charge in [-0.3, -0.25) is 4.79 Å². The van der Waals surface area contributed by atoms with E-state index in [-0.39, 0.29) is 12.1 Å². The largest absolute Gasteiger partial charge is 0.481 e. The Morgan fingerprint density at radius 1 is 1.28 bits per heavy atom. The minimum Gasteiger partial charge on any atom is -0.481 e. The number of carbonyl (C=O) groups excluding carboxylic acids is 1. The maximum Gasteiger partial charge on any atom is 0.320 e. The van der Waals surface area contributed by atoms with E-state index in [0.717, 1.165) is 6.42 Å². The molecule has 0 aromatic carbocycles. The van der Waals surface area contributed by atoms with Gasteiger partial charge in [0.05, 0.1) is 18.6 Å². The first-order valence-electron chi connectivity index (χ1n) is 6.50. The van der Waals surface area contributed by atoms with Crippen LogP contribution in [0.25, 0.3) is 0 Å². The average molecular weight is 256 g/mol. The Kier molecular flexibility index (Phi) is 4.06. The minimum absolute atomic E-state index is 0.0412. The van der Waals surface area contributed by atoms with Crippen LogP contribution in [0.1, 0.15) is 19.8 Å². The molecule has 2 amide bonds. The summed E-state index contributed by atoms with van der Waals surface area (Å²) in [5, 5.41) is 8.93. The highest BCUT2D eigenvalue weighted by molar-refractivity contribution is 5.77. The maximum absolute atomic E-state index is 12.2. The Labute approximate surface area is 106 Å². The van der Waals surface area contributed by atoms with Crippen molar-refractivity contribution in [3.05, 3.63) is 0 Å². The van der Waals surface area contributed by atoms with Gasteiger partial charge in [0.25, 0.3) is 0 Å². The van der Waals surface area contributed by atoms with Crippen LogP contribution >= 0.6 is 0 Å². The Morgan fingerprint density at radius 2 is 2.00 bits per heavy atom. The van der Waals surface area contributed by atoms with Crippen LogP contribution in [0.5, 0.6) is 0 Å². The lowest BCUT2D eigenvalue weighted by Crippen LogP contribution is -2.50. The first-order valence-corrected chi connectivity index (χ1v) is 6.50. The fraction of sp³-hybridized carbons (Fsp3) is 0.833. The van der Waals surface area contributed by atoms with E-state index in [4.69, 9.17) is 9.84 Å². The second-order valence-corrected chi connectivity index (χ2v) is 4.90. The van der Waals surface area contributed by atoms with E-state index in [0.29, 0.717) is 39.2 Å². The minimum atomic E-state index is -0.807. The van der Waals surface area contributed by atoms with Gasteiger partial charge in [0.1, 0.15) is 0 Å². The molecule has 2 rings (SSSR count). The summed E-state index contributed by atoms with van der Waals surface area (Å²) < 4.78 is 5.52. The third-order valence-corrected chi connectivity index (χ3v) is 3.67. The molecule has 2 fully saturated rings. The molecule has 2 unspecified atom stereocenters. The number of nitrogens with zero attached hydrogens (tertiary/aromatic N) is 2. The van der Waals surface area contributed by atoms with Gasteiger partial charge < -0.3 is 19.6 Å². The zero-order valence-electron chi connectivity index (χ0n) is 10.7. The molecule has 0 spiro atoms. The SMILES string of the molecule is CCC1CN(C(=O)N2CCC(C(=O)O)C2)CCO1. The van der Waals surface area contributed by atoms with Gasteiger partial charge in [0.15, 0.2) is 0 Å². The van der Waals surface area contributed by atoms with E-state index < -0.39 is 11.9 Å². The molecule has 2 aliphatic heterocycles. The summed E-state index contributed by atoms with van der Waals surface area (Å²) in [7, 11) is 0. The number of morpholine rings is 1. The van der Waals surface area contributed by atoms with Crippen LogP contribution in [-0.2, 0) is 9.53 Å². The Morgan fingerprint density at radius 3 is 2.61 bits per heavy atom. The van der Waals surface area contributed by atoms with Crippen LogP contribution in [-0.4, -0.2) is 65.8 Å². The van der Waals surface area contributed by atoms with Crippen molar-refractivity contribution in [2.24, 2.45) is 5.92 Å². The lowest BCUT2D eigenvalue weighted by atomic mass is 10.1. The summed E-state index contributed by atoms with van der Waals surface area (Å²) in [6.45, 7) is 4.70. The smallest absolute Gasteiger partial charge is 0.320 e. The highest BCUT2D eigenvalue weighted by Crippen LogP contribution is 2.19. The number of carboxylic acids is 1. The second kappa shape index (κ2) is 5.56. The molecule has 0 saturated carbocycles. The summed E-state index contributed by atoms with van der Waals surface area (Å²) in [4.78, 5) is 26.5. The molecule has 0 bridgehead atoms. The van der Waals surface area contributed by atoms with Crippen molar-refractivity contribution < 1.29 is 19.4 Å². The summed E-state index contributed by atoms with van der Waals surface area (Å²) in [5.41, 5.74) is 0. The zero-order chi connectivity index (χ0) is 13.1. The van der Waals surface area contributed by atoms with E-state index in [9.17, 15) is 9.59 Å². The molecule has 2 saturated heterocycles. The highest BCUT2D eigenvalue weighted by atomic mass is 16.5. The molecule has 6 heteroatoms. The van der Waals surface area contributed by atoms with Crippen LogP contribution in [0.4, 0.5) is 4.79 Å². The van der Waals surface area contributed by atoms with Crippen molar-refractivity contribution in [2.75, 3.05) is 32.8 Å². The molecule has 0 aliphatic carbocycles. The van der Waals surface area contributed by atoms with Crippen molar-refractivity contribution in [1.29, 1.82) is 0 Å². The first-order chi connectivity index (χ1) is 8.61. The molecule has 0 aromatic rings. The van der Waals surface area contributed by atoms with Crippen LogP contribution in [0.15, 0.2) is 0 Å². The number of hydrogen-bond acceptors (Lipinski definition) is 3. The van der Waals surface area contributed by atoms with Crippen molar-refractivity contribution >= 4 is 12.0 Å². The van der Waals surface area contributed by atoms with Gasteiger partial charge in [-0.05, 0) is 12.8 Å². The Bertz CT molecular complexity index is 334. The van der Waals surface area contributed by atoms with Crippen LogP contribution in [0, 0.1) is 5.92 Å². The number of carboxylic acid groups (broad SMARTS) is 1. The van der Waals surface area contributed by atoms with Crippen LogP contribution in [0.2, 0.25) is 0 Å². The third kappa shape index (κ3) is 2.75. The van der Waals surface area contributed by atoms with Crippen molar-refractivity contribution in [3.63, 3.8) is 0 Å². The summed E-state index contributed by atoms with van der Waals surface area (Å²) in [6, 6.07) is -0.0412. The molecule has 0 aromatic heterocycles. The number of urea groups is 1. The van der Waals surface area contributed by atoms with Gasteiger partial charge >= 0.3 is 12.0 Å². The van der Waals surface area contributed by atoms with Crippen LogP contribution < -0.4 is 0 Å². The molecule has 6 nitrogen and oxygen atoms in total. The number of likely N-dealkylation sites (tertiary alicyclic amines) is 1. The van der Waals surface area contributed by atoms with Gasteiger partial charge in [-0.2, -0.15) is 0 Å². The molecule has 2 aliphatic rings. The van der Waals surface area contributed by atoms with Gasteiger partial charge in [-0.25, -0.2) is 4.79 Å². The molecule has 18 heavy (non-hydrogen) atoms. The molecular formula is C12H20N2O4. The number of rotatable bonds is 2. The van der Waals surface area contributed by atoms with Gasteiger partial charge in [0.2, 0.25) is 0 Å². The Hall–Kier alpha value is -1.30. The third-order valence-electron chi connectivity index (χ3n) is 3.67. The molecule has 0 radical (unpaired) electrons. The van der Waals surface area contributed by atoms with E-state index in [2.05, 4.69) is 0 Å². The molecule has 2 heterocycles. The van der Waals surface area contributed by atoms with Crippen molar-refractivity contribution in [2.45, 2.75) is 25.9 Å². The number of aliphatic carboxylic acids is 1. The first kappa shape index (κ1) is 13.1. The van der Waals surface area contributed by atoms with E-state index in [1.807, 2.05) is 6.92 Å². The average Bonchev–Trinajstić information content (AvgIpc) is 2.87. The van der Waals surface area contributed by atoms with Gasteiger partial charge in [-0.1, -0.05) is 6.92 Å². The standard InChI is InChI=1S/C12H20N2O4/c1-2-10-8-14(5-6-18-10)12(17)13-4-3-9(7-13)11(15)16/h9-10H,2-8H2,1H3,(H,15,16). The molecule has 102 valence electrons. The lowest BCUT2D eigenvalue weighted by Gasteiger charge is -2.35. The summed E-state index contributed by atoms with van der Waals surface area (Å²) in [6.07, 6.45) is 1.56. The zero-order valence-corrected chi connectivity index (χ0v) is 10.7. The van der Waals surface area contributed by atoms with Crippen molar-refractivity contribution in [3.8, 4) is 0 Å². The van der Waals surface area contributed by atoms with E-state index >= 15 is 0 Å². The topological polar surface area (TPSA) is 70.1 Å². The van der Waals surface area contributed by atoms with Crippen molar-refractivity contribution in [1.82, 2.24) is 9.80 Å². The number of carbonyl (C=O) groups is 2. The number of amides is 2. The number of ether oxygens (including phenoxy) is 1. The van der Waals surface area contributed by atoms with Gasteiger partial charge in [0, 0.05) is 26.2 Å². The Balaban J connectivity index is 1.89.